The number of hydrogen-bond donors (Lipinski definition) is 0. The molecule has 0 aliphatic rings. The fraction of sp³-hybridized carbons (Fsp3) is 0.348. The summed E-state index contributed by atoms with van der Waals surface area (Å²) in [5.41, 5.74) is 1.36. The van der Waals surface area contributed by atoms with E-state index in [9.17, 15) is 18.0 Å². The third-order valence-electron chi connectivity index (χ3n) is 4.67. The molecule has 0 fully saturated rings. The minimum absolute atomic E-state index is 0.168. The van der Waals surface area contributed by atoms with Crippen LogP contribution in [0, 0.1) is 12.3 Å². The number of halogens is 3. The van der Waals surface area contributed by atoms with E-state index < -0.39 is 17.2 Å². The van der Waals surface area contributed by atoms with Crippen LogP contribution < -0.4 is 0 Å². The van der Waals surface area contributed by atoms with Gasteiger partial charge in [0.2, 0.25) is 0 Å². The number of hydrogen-bond acceptors (Lipinski definition) is 1. The van der Waals surface area contributed by atoms with Gasteiger partial charge in [-0.1, -0.05) is 57.2 Å². The van der Waals surface area contributed by atoms with Crippen LogP contribution in [-0.2, 0) is 12.6 Å². The van der Waals surface area contributed by atoms with Gasteiger partial charge in [0.05, 0.1) is 5.56 Å². The third kappa shape index (κ3) is 4.88. The second kappa shape index (κ2) is 7.71. The number of allylic oxidation sites excluding steroid dienone is 1. The maximum absolute atomic E-state index is 13.2. The first kappa shape index (κ1) is 20.9. The van der Waals surface area contributed by atoms with Crippen LogP contribution in [0.4, 0.5) is 13.2 Å². The van der Waals surface area contributed by atoms with Crippen molar-refractivity contribution >= 4 is 5.78 Å². The monoisotopic (exact) mass is 374 g/mol. The van der Waals surface area contributed by atoms with E-state index in [0.29, 0.717) is 11.1 Å². The molecule has 4 heteroatoms. The molecule has 144 valence electrons. The summed E-state index contributed by atoms with van der Waals surface area (Å²) in [4.78, 5) is 12.8. The quantitative estimate of drug-likeness (QED) is 0.418. The molecule has 0 heterocycles. The molecule has 0 saturated carbocycles. The molecule has 0 N–H and O–H groups in total. The van der Waals surface area contributed by atoms with Crippen molar-refractivity contribution in [3.8, 4) is 0 Å². The summed E-state index contributed by atoms with van der Waals surface area (Å²) in [5, 5.41) is 0. The summed E-state index contributed by atoms with van der Waals surface area (Å²) in [5.74, 6) is -0.347. The van der Waals surface area contributed by atoms with E-state index in [1.807, 2.05) is 31.2 Å². The molecular formula is C23H25F3O. The van der Waals surface area contributed by atoms with Gasteiger partial charge in [-0.25, -0.2) is 0 Å². The fourth-order valence-corrected chi connectivity index (χ4v) is 3.12. The van der Waals surface area contributed by atoms with Crippen LogP contribution >= 0.6 is 0 Å². The highest BCUT2D eigenvalue weighted by atomic mass is 19.4. The largest absolute Gasteiger partial charge is 0.416 e. The molecule has 0 amide bonds. The van der Waals surface area contributed by atoms with Crippen molar-refractivity contribution in [2.75, 3.05) is 0 Å². The zero-order valence-electron chi connectivity index (χ0n) is 16.2. The number of aryl methyl sites for hydroxylation is 1. The maximum atomic E-state index is 13.2. The van der Waals surface area contributed by atoms with Crippen LogP contribution in [-0.4, -0.2) is 5.78 Å². The van der Waals surface area contributed by atoms with Crippen molar-refractivity contribution < 1.29 is 18.0 Å². The van der Waals surface area contributed by atoms with E-state index in [4.69, 9.17) is 0 Å². The molecule has 27 heavy (non-hydrogen) atoms. The Hall–Kier alpha value is -2.36. The van der Waals surface area contributed by atoms with Gasteiger partial charge in [-0.15, -0.1) is 6.58 Å². The average Bonchev–Trinajstić information content (AvgIpc) is 2.58. The number of carbonyl (C=O) groups is 1. The highest BCUT2D eigenvalue weighted by molar-refractivity contribution is 6.01. The van der Waals surface area contributed by atoms with Crippen molar-refractivity contribution in [2.24, 2.45) is 5.41 Å². The van der Waals surface area contributed by atoms with Crippen LogP contribution in [0.3, 0.4) is 0 Å². The van der Waals surface area contributed by atoms with Crippen LogP contribution in [0.25, 0.3) is 0 Å². The second-order valence-corrected chi connectivity index (χ2v) is 7.85. The normalized spacial score (nSPS) is 13.3. The van der Waals surface area contributed by atoms with E-state index in [0.717, 1.165) is 23.3 Å². The molecule has 2 aromatic rings. The number of carbonyl (C=O) groups excluding carboxylic acids is 1. The molecule has 0 aromatic heterocycles. The summed E-state index contributed by atoms with van der Waals surface area (Å²) in [7, 11) is 0. The van der Waals surface area contributed by atoms with Crippen LogP contribution in [0.5, 0.6) is 0 Å². The summed E-state index contributed by atoms with van der Waals surface area (Å²) in [6.45, 7) is 11.1. The second-order valence-electron chi connectivity index (χ2n) is 7.85. The molecule has 0 bridgehead atoms. The topological polar surface area (TPSA) is 17.1 Å². The third-order valence-corrected chi connectivity index (χ3v) is 4.67. The Balaban J connectivity index is 2.56. The Labute approximate surface area is 158 Å². The fourth-order valence-electron chi connectivity index (χ4n) is 3.12. The number of benzene rings is 2. The van der Waals surface area contributed by atoms with Gasteiger partial charge in [0.1, 0.15) is 0 Å². The smallest absolute Gasteiger partial charge is 0.294 e. The maximum Gasteiger partial charge on any atom is 0.416 e. The van der Waals surface area contributed by atoms with Crippen molar-refractivity contribution in [2.45, 2.75) is 46.2 Å². The van der Waals surface area contributed by atoms with Crippen molar-refractivity contribution in [1.29, 1.82) is 0 Å². The lowest BCUT2D eigenvalue weighted by Gasteiger charge is -2.22. The highest BCUT2D eigenvalue weighted by Gasteiger charge is 2.33. The molecule has 1 unspecified atom stereocenters. The summed E-state index contributed by atoms with van der Waals surface area (Å²) in [6, 6.07) is 11.1. The summed E-state index contributed by atoms with van der Waals surface area (Å²) >= 11 is 0. The number of alkyl halides is 3. The van der Waals surface area contributed by atoms with Crippen LogP contribution in [0.2, 0.25) is 0 Å². The standard InChI is InChI=1S/C23H25F3O/c1-6-16(19-10-8-7-9-15(19)2)13-17-14-18(23(24,25)26)11-12-20(17)21(27)22(3,4)5/h6-12,14,16H,1,13H2,2-5H3. The van der Waals surface area contributed by atoms with Gasteiger partial charge in [0.25, 0.3) is 0 Å². The zero-order chi connectivity index (χ0) is 20.4. The van der Waals surface area contributed by atoms with Crippen molar-refractivity contribution in [3.05, 3.63) is 82.9 Å². The molecule has 0 saturated heterocycles. The van der Waals surface area contributed by atoms with E-state index >= 15 is 0 Å². The molecule has 0 aliphatic carbocycles. The lowest BCUT2D eigenvalue weighted by atomic mass is 9.81. The van der Waals surface area contributed by atoms with Gasteiger partial charge in [0.15, 0.2) is 5.78 Å². The first-order valence-electron chi connectivity index (χ1n) is 8.88. The summed E-state index contributed by atoms with van der Waals surface area (Å²) < 4.78 is 39.7. The summed E-state index contributed by atoms with van der Waals surface area (Å²) in [6.07, 6.45) is -2.44. The van der Waals surface area contributed by atoms with Crippen molar-refractivity contribution in [1.82, 2.24) is 0 Å². The number of Topliss-reactive ketones (excluding diaryl/α,β-unsaturated/α-hetero) is 1. The Kier molecular flexibility index (Phi) is 5.98. The molecule has 2 aromatic carbocycles. The Morgan fingerprint density at radius 1 is 1.11 bits per heavy atom. The lowest BCUT2D eigenvalue weighted by Crippen LogP contribution is -2.22. The van der Waals surface area contributed by atoms with Crippen molar-refractivity contribution in [3.63, 3.8) is 0 Å². The predicted octanol–water partition coefficient (Wildman–Crippen LogP) is 6.75. The molecule has 0 spiro atoms. The van der Waals surface area contributed by atoms with E-state index in [2.05, 4.69) is 6.58 Å². The van der Waals surface area contributed by atoms with E-state index in [-0.39, 0.29) is 18.1 Å². The minimum atomic E-state index is -4.45. The molecule has 0 radical (unpaired) electrons. The average molecular weight is 374 g/mol. The number of rotatable bonds is 5. The Morgan fingerprint density at radius 2 is 1.74 bits per heavy atom. The minimum Gasteiger partial charge on any atom is -0.294 e. The van der Waals surface area contributed by atoms with Gasteiger partial charge in [-0.05, 0) is 42.2 Å². The van der Waals surface area contributed by atoms with Gasteiger partial charge in [-0.2, -0.15) is 13.2 Å². The molecule has 0 aliphatic heterocycles. The molecule has 1 nitrogen and oxygen atoms in total. The van der Waals surface area contributed by atoms with Gasteiger partial charge in [-0.3, -0.25) is 4.79 Å². The molecular weight excluding hydrogens is 349 g/mol. The lowest BCUT2D eigenvalue weighted by molar-refractivity contribution is -0.137. The van der Waals surface area contributed by atoms with E-state index in [1.54, 1.807) is 26.8 Å². The SMILES string of the molecule is C=CC(Cc1cc(C(F)(F)F)ccc1C(=O)C(C)(C)C)c1ccccc1C. The first-order valence-corrected chi connectivity index (χ1v) is 8.88. The van der Waals surface area contributed by atoms with Gasteiger partial charge < -0.3 is 0 Å². The Morgan fingerprint density at radius 3 is 2.26 bits per heavy atom. The molecule has 2 rings (SSSR count). The predicted molar refractivity (Wildman–Crippen MR) is 103 cm³/mol. The van der Waals surface area contributed by atoms with Crippen LogP contribution in [0.1, 0.15) is 59.3 Å². The van der Waals surface area contributed by atoms with Gasteiger partial charge in [0, 0.05) is 16.9 Å². The Bertz CT molecular complexity index is 841. The zero-order valence-corrected chi connectivity index (χ0v) is 16.2. The first-order chi connectivity index (χ1) is 12.4. The van der Waals surface area contributed by atoms with Gasteiger partial charge >= 0.3 is 6.18 Å². The van der Waals surface area contributed by atoms with Crippen LogP contribution in [0.15, 0.2) is 55.1 Å². The highest BCUT2D eigenvalue weighted by Crippen LogP contribution is 2.34. The number of ketones is 1. The van der Waals surface area contributed by atoms with E-state index in [1.165, 1.54) is 6.07 Å². The molecule has 1 atom stereocenters.